The number of hydrogen-bond donors (Lipinski definition) is 1. The van der Waals surface area contributed by atoms with Crippen LogP contribution in [0.15, 0.2) is 40.9 Å². The van der Waals surface area contributed by atoms with E-state index in [-0.39, 0.29) is 6.04 Å². The second-order valence-corrected chi connectivity index (χ2v) is 5.85. The molecule has 0 spiro atoms. The first-order valence-corrected chi connectivity index (χ1v) is 8.04. The third kappa shape index (κ3) is 4.05. The molecule has 1 N–H and O–H groups in total. The van der Waals surface area contributed by atoms with E-state index in [1.807, 2.05) is 0 Å². The van der Waals surface area contributed by atoms with Crippen LogP contribution in [0.2, 0.25) is 0 Å². The topological polar surface area (TPSA) is 21.3 Å². The Kier molecular flexibility index (Phi) is 6.02. The molecule has 0 radical (unpaired) electrons. The van der Waals surface area contributed by atoms with Gasteiger partial charge in [0.1, 0.15) is 0 Å². The summed E-state index contributed by atoms with van der Waals surface area (Å²) in [5.74, 6) is 0. The molecule has 0 saturated heterocycles. The number of nitrogens with one attached hydrogen (secondary N) is 1. The maximum atomic E-state index is 5.71. The first kappa shape index (κ1) is 15.5. The molecule has 2 rings (SSSR count). The second-order valence-electron chi connectivity index (χ2n) is 4.94. The molecule has 0 aliphatic rings. The molecule has 2 aromatic rings. The molecule has 2 nitrogen and oxygen atoms in total. The van der Waals surface area contributed by atoms with Gasteiger partial charge in [0.15, 0.2) is 0 Å². The summed E-state index contributed by atoms with van der Waals surface area (Å²) in [6.45, 7) is 6.76. The minimum atomic E-state index is 0.264. The van der Waals surface area contributed by atoms with Crippen molar-refractivity contribution in [1.29, 1.82) is 0 Å². The molecule has 0 saturated carbocycles. The van der Waals surface area contributed by atoms with E-state index >= 15 is 0 Å². The highest BCUT2D eigenvalue weighted by atomic mass is 79.9. The van der Waals surface area contributed by atoms with Crippen molar-refractivity contribution in [2.75, 3.05) is 19.8 Å². The number of fused-ring (bicyclic) bond motifs is 1. The summed E-state index contributed by atoms with van der Waals surface area (Å²) in [5, 5.41) is 6.02. The summed E-state index contributed by atoms with van der Waals surface area (Å²) in [5.41, 5.74) is 1.29. The molecule has 3 heteroatoms. The van der Waals surface area contributed by atoms with Gasteiger partial charge in [0.25, 0.3) is 0 Å². The zero-order valence-electron chi connectivity index (χ0n) is 12.2. The Labute approximate surface area is 129 Å². The van der Waals surface area contributed by atoms with E-state index in [4.69, 9.17) is 4.74 Å². The predicted octanol–water partition coefficient (Wildman–Crippen LogP) is 4.68. The minimum Gasteiger partial charge on any atom is -0.379 e. The van der Waals surface area contributed by atoms with Crippen LogP contribution in [0.1, 0.15) is 31.9 Å². The largest absolute Gasteiger partial charge is 0.379 e. The van der Waals surface area contributed by atoms with Crippen molar-refractivity contribution in [3.63, 3.8) is 0 Å². The summed E-state index contributed by atoms with van der Waals surface area (Å²) in [6.07, 6.45) is 1.06. The van der Waals surface area contributed by atoms with Crippen LogP contribution < -0.4 is 5.32 Å². The average Bonchev–Trinajstić information content (AvgIpc) is 2.46. The summed E-state index contributed by atoms with van der Waals surface area (Å²) >= 11 is 3.51. The maximum Gasteiger partial charge on any atom is 0.0661 e. The summed E-state index contributed by atoms with van der Waals surface area (Å²) in [6, 6.07) is 13.3. The number of benzene rings is 2. The lowest BCUT2D eigenvalue weighted by Gasteiger charge is -2.19. The molecule has 0 bridgehead atoms. The van der Waals surface area contributed by atoms with Gasteiger partial charge in [0.2, 0.25) is 0 Å². The molecule has 108 valence electrons. The number of likely N-dealkylation sites (N-methyl/N-ethyl adjacent to an activating group) is 1. The maximum absolute atomic E-state index is 5.71. The lowest BCUT2D eigenvalue weighted by atomic mass is 10.0. The van der Waals surface area contributed by atoms with Crippen LogP contribution in [0.3, 0.4) is 0 Å². The molecule has 0 aromatic heterocycles. The van der Waals surface area contributed by atoms with Crippen molar-refractivity contribution in [1.82, 2.24) is 5.32 Å². The highest BCUT2D eigenvalue weighted by Crippen LogP contribution is 2.24. The van der Waals surface area contributed by atoms with Crippen molar-refractivity contribution in [3.8, 4) is 0 Å². The lowest BCUT2D eigenvalue weighted by molar-refractivity contribution is 0.112. The average molecular weight is 336 g/mol. The van der Waals surface area contributed by atoms with Crippen LogP contribution >= 0.6 is 15.9 Å². The Balaban J connectivity index is 2.21. The van der Waals surface area contributed by atoms with Crippen LogP contribution in [-0.2, 0) is 4.74 Å². The molecular weight excluding hydrogens is 314 g/mol. The standard InChI is InChI=1S/C17H22BrNO/c1-3-9-20-12-17(19-4-2)15-6-5-14-11-16(18)8-7-13(14)10-15/h5-8,10-11,17,19H,3-4,9,12H2,1-2H3. The van der Waals surface area contributed by atoms with Gasteiger partial charge >= 0.3 is 0 Å². The minimum absolute atomic E-state index is 0.264. The Morgan fingerprint density at radius 1 is 1.10 bits per heavy atom. The van der Waals surface area contributed by atoms with Gasteiger partial charge in [-0.05, 0) is 47.5 Å². The SMILES string of the molecule is CCCOCC(NCC)c1ccc2cc(Br)ccc2c1. The van der Waals surface area contributed by atoms with Crippen LogP contribution in [0.25, 0.3) is 10.8 Å². The molecule has 0 aliphatic carbocycles. The highest BCUT2D eigenvalue weighted by molar-refractivity contribution is 9.10. The van der Waals surface area contributed by atoms with Gasteiger partial charge in [-0.25, -0.2) is 0 Å². The summed E-state index contributed by atoms with van der Waals surface area (Å²) in [4.78, 5) is 0. The quantitative estimate of drug-likeness (QED) is 0.741. The van der Waals surface area contributed by atoms with Gasteiger partial charge in [0.05, 0.1) is 12.6 Å². The van der Waals surface area contributed by atoms with Crippen LogP contribution in [0.5, 0.6) is 0 Å². The van der Waals surface area contributed by atoms with Gasteiger partial charge in [-0.3, -0.25) is 0 Å². The monoisotopic (exact) mass is 335 g/mol. The van der Waals surface area contributed by atoms with Gasteiger partial charge in [-0.15, -0.1) is 0 Å². The molecule has 0 aliphatic heterocycles. The molecular formula is C17H22BrNO. The zero-order chi connectivity index (χ0) is 14.4. The van der Waals surface area contributed by atoms with E-state index in [2.05, 4.69) is 71.5 Å². The van der Waals surface area contributed by atoms with E-state index in [9.17, 15) is 0 Å². The van der Waals surface area contributed by atoms with Crippen molar-refractivity contribution in [3.05, 3.63) is 46.4 Å². The zero-order valence-corrected chi connectivity index (χ0v) is 13.7. The number of rotatable bonds is 7. The van der Waals surface area contributed by atoms with E-state index in [1.54, 1.807) is 0 Å². The third-order valence-corrected chi connectivity index (χ3v) is 3.81. The van der Waals surface area contributed by atoms with Gasteiger partial charge in [-0.2, -0.15) is 0 Å². The Morgan fingerprint density at radius 3 is 2.60 bits per heavy atom. The van der Waals surface area contributed by atoms with Gasteiger partial charge in [-0.1, -0.05) is 48.0 Å². The fraction of sp³-hybridized carbons (Fsp3) is 0.412. The van der Waals surface area contributed by atoms with Crippen molar-refractivity contribution >= 4 is 26.7 Å². The number of hydrogen-bond acceptors (Lipinski definition) is 2. The third-order valence-electron chi connectivity index (χ3n) is 3.31. The Bertz CT molecular complexity index is 556. The smallest absolute Gasteiger partial charge is 0.0661 e. The first-order chi connectivity index (χ1) is 9.74. The summed E-state index contributed by atoms with van der Waals surface area (Å²) < 4.78 is 6.83. The lowest BCUT2D eigenvalue weighted by Crippen LogP contribution is -2.25. The molecule has 0 amide bonds. The molecule has 0 fully saturated rings. The van der Waals surface area contributed by atoms with E-state index < -0.39 is 0 Å². The fourth-order valence-electron chi connectivity index (χ4n) is 2.32. The van der Waals surface area contributed by atoms with E-state index in [1.165, 1.54) is 16.3 Å². The van der Waals surface area contributed by atoms with Crippen LogP contribution in [0, 0.1) is 0 Å². The normalized spacial score (nSPS) is 12.8. The van der Waals surface area contributed by atoms with E-state index in [0.717, 1.165) is 30.7 Å². The van der Waals surface area contributed by atoms with Crippen LogP contribution in [0.4, 0.5) is 0 Å². The van der Waals surface area contributed by atoms with Gasteiger partial charge in [0, 0.05) is 11.1 Å². The molecule has 20 heavy (non-hydrogen) atoms. The predicted molar refractivity (Wildman–Crippen MR) is 89.2 cm³/mol. The Morgan fingerprint density at radius 2 is 1.85 bits per heavy atom. The van der Waals surface area contributed by atoms with Crippen LogP contribution in [-0.4, -0.2) is 19.8 Å². The van der Waals surface area contributed by atoms with Crippen molar-refractivity contribution in [2.45, 2.75) is 26.3 Å². The first-order valence-electron chi connectivity index (χ1n) is 7.25. The van der Waals surface area contributed by atoms with Gasteiger partial charge < -0.3 is 10.1 Å². The number of halogens is 1. The van der Waals surface area contributed by atoms with E-state index in [0.29, 0.717) is 0 Å². The fourth-order valence-corrected chi connectivity index (χ4v) is 2.70. The molecule has 2 aromatic carbocycles. The Hall–Kier alpha value is -0.900. The molecule has 0 heterocycles. The van der Waals surface area contributed by atoms with Crippen molar-refractivity contribution < 1.29 is 4.74 Å². The van der Waals surface area contributed by atoms with Crippen molar-refractivity contribution in [2.24, 2.45) is 0 Å². The summed E-state index contributed by atoms with van der Waals surface area (Å²) in [7, 11) is 0. The molecule has 1 atom stereocenters. The molecule has 1 unspecified atom stereocenters. The second kappa shape index (κ2) is 7.77. The highest BCUT2D eigenvalue weighted by Gasteiger charge is 2.11. The number of ether oxygens (including phenoxy) is 1.